The molecule has 1 N–H and O–H groups in total. The van der Waals surface area contributed by atoms with Crippen LogP contribution in [0.3, 0.4) is 0 Å². The van der Waals surface area contributed by atoms with Crippen molar-refractivity contribution in [2.45, 2.75) is 13.5 Å². The van der Waals surface area contributed by atoms with Crippen molar-refractivity contribution in [3.05, 3.63) is 36.2 Å². The molecular formula is C9H11NO2. The van der Waals surface area contributed by atoms with Crippen LogP contribution in [0.2, 0.25) is 0 Å². The summed E-state index contributed by atoms with van der Waals surface area (Å²) in [5.41, 5.74) is 1.27. The predicted octanol–water partition coefficient (Wildman–Crippen LogP) is 1.68. The SMILES string of the molecule is C=CCn1cc(C)cc1C(=O)O. The number of aromatic carboxylic acids is 1. The highest BCUT2D eigenvalue weighted by Crippen LogP contribution is 2.07. The lowest BCUT2D eigenvalue weighted by Gasteiger charge is -2.00. The minimum absolute atomic E-state index is 0.312. The van der Waals surface area contributed by atoms with Gasteiger partial charge in [0, 0.05) is 12.7 Å². The average Bonchev–Trinajstić information content (AvgIpc) is 2.32. The Bertz CT molecular complexity index is 312. The van der Waals surface area contributed by atoms with Crippen LogP contribution in [0.1, 0.15) is 16.1 Å². The molecule has 0 atom stereocenters. The Hall–Kier alpha value is -1.51. The molecule has 0 saturated carbocycles. The van der Waals surface area contributed by atoms with Crippen LogP contribution >= 0.6 is 0 Å². The standard InChI is InChI=1S/C9H11NO2/c1-3-4-10-6-7(2)5-8(10)9(11)12/h3,5-6H,1,4H2,2H3,(H,11,12). The van der Waals surface area contributed by atoms with Gasteiger partial charge in [0.15, 0.2) is 0 Å². The van der Waals surface area contributed by atoms with Crippen LogP contribution in [0.25, 0.3) is 0 Å². The first-order chi connectivity index (χ1) is 5.65. The van der Waals surface area contributed by atoms with Gasteiger partial charge in [-0.25, -0.2) is 4.79 Å². The zero-order valence-electron chi connectivity index (χ0n) is 6.95. The van der Waals surface area contributed by atoms with Gasteiger partial charge in [0.1, 0.15) is 5.69 Å². The number of hydrogen-bond donors (Lipinski definition) is 1. The maximum absolute atomic E-state index is 10.7. The molecule has 0 aliphatic rings. The van der Waals surface area contributed by atoms with E-state index >= 15 is 0 Å². The second kappa shape index (κ2) is 3.26. The van der Waals surface area contributed by atoms with Crippen molar-refractivity contribution < 1.29 is 9.90 Å². The molecule has 1 heterocycles. The third kappa shape index (κ3) is 1.56. The summed E-state index contributed by atoms with van der Waals surface area (Å²) in [5, 5.41) is 8.75. The fraction of sp³-hybridized carbons (Fsp3) is 0.222. The Morgan fingerprint density at radius 1 is 1.83 bits per heavy atom. The number of aromatic nitrogens is 1. The topological polar surface area (TPSA) is 42.2 Å². The van der Waals surface area contributed by atoms with Gasteiger partial charge in [0.2, 0.25) is 0 Å². The number of nitrogens with zero attached hydrogens (tertiary/aromatic N) is 1. The molecule has 3 heteroatoms. The second-order valence-corrected chi connectivity index (χ2v) is 2.65. The maximum atomic E-state index is 10.7. The molecule has 0 unspecified atom stereocenters. The number of carbonyl (C=O) groups is 1. The number of carboxylic acids is 1. The first-order valence-corrected chi connectivity index (χ1v) is 3.66. The minimum atomic E-state index is -0.898. The molecule has 0 bridgehead atoms. The summed E-state index contributed by atoms with van der Waals surface area (Å²) in [6.07, 6.45) is 3.47. The van der Waals surface area contributed by atoms with Gasteiger partial charge in [-0.3, -0.25) is 0 Å². The van der Waals surface area contributed by atoms with E-state index in [9.17, 15) is 4.79 Å². The Morgan fingerprint density at radius 3 is 3.00 bits per heavy atom. The van der Waals surface area contributed by atoms with E-state index in [1.165, 1.54) is 0 Å². The largest absolute Gasteiger partial charge is 0.477 e. The molecule has 1 aromatic rings. The van der Waals surface area contributed by atoms with Crippen LogP contribution < -0.4 is 0 Å². The molecule has 0 aliphatic carbocycles. The lowest BCUT2D eigenvalue weighted by atomic mass is 10.3. The summed E-state index contributed by atoms with van der Waals surface area (Å²) in [6.45, 7) is 5.96. The zero-order valence-corrected chi connectivity index (χ0v) is 6.95. The van der Waals surface area contributed by atoms with E-state index < -0.39 is 5.97 Å². The number of carboxylic acid groups (broad SMARTS) is 1. The summed E-state index contributed by atoms with van der Waals surface area (Å²) < 4.78 is 1.66. The lowest BCUT2D eigenvalue weighted by Crippen LogP contribution is -2.05. The van der Waals surface area contributed by atoms with E-state index in [0.717, 1.165) is 5.56 Å². The van der Waals surface area contributed by atoms with Gasteiger partial charge >= 0.3 is 5.97 Å². The normalized spacial score (nSPS) is 9.75. The summed E-state index contributed by atoms with van der Waals surface area (Å²) in [4.78, 5) is 10.7. The molecule has 1 aromatic heterocycles. The average molecular weight is 165 g/mol. The Labute approximate surface area is 70.9 Å². The number of rotatable bonds is 3. The number of hydrogen-bond acceptors (Lipinski definition) is 1. The van der Waals surface area contributed by atoms with Crippen LogP contribution in [0.15, 0.2) is 24.9 Å². The predicted molar refractivity (Wildman–Crippen MR) is 46.3 cm³/mol. The molecule has 0 amide bonds. The molecule has 1 rings (SSSR count). The Balaban J connectivity index is 3.07. The van der Waals surface area contributed by atoms with E-state index in [2.05, 4.69) is 6.58 Å². The molecular weight excluding hydrogens is 154 g/mol. The fourth-order valence-corrected chi connectivity index (χ4v) is 1.13. The smallest absolute Gasteiger partial charge is 0.352 e. The first kappa shape index (κ1) is 8.59. The van der Waals surface area contributed by atoms with Gasteiger partial charge in [0.05, 0.1) is 0 Å². The van der Waals surface area contributed by atoms with Gasteiger partial charge in [-0.1, -0.05) is 6.08 Å². The number of aryl methyl sites for hydroxylation is 1. The fourth-order valence-electron chi connectivity index (χ4n) is 1.13. The lowest BCUT2D eigenvalue weighted by molar-refractivity contribution is 0.0686. The van der Waals surface area contributed by atoms with Crippen LogP contribution in [0.5, 0.6) is 0 Å². The number of allylic oxidation sites excluding steroid dienone is 1. The molecule has 12 heavy (non-hydrogen) atoms. The van der Waals surface area contributed by atoms with Crippen LogP contribution in [-0.2, 0) is 6.54 Å². The molecule has 0 fully saturated rings. The van der Waals surface area contributed by atoms with Gasteiger partial charge in [-0.2, -0.15) is 0 Å². The minimum Gasteiger partial charge on any atom is -0.477 e. The molecule has 64 valence electrons. The highest BCUT2D eigenvalue weighted by molar-refractivity contribution is 5.86. The summed E-state index contributed by atoms with van der Waals surface area (Å²) in [5.74, 6) is -0.898. The van der Waals surface area contributed by atoms with Crippen LogP contribution in [0, 0.1) is 6.92 Å². The molecule has 0 radical (unpaired) electrons. The molecule has 0 saturated heterocycles. The summed E-state index contributed by atoms with van der Waals surface area (Å²) in [6, 6.07) is 1.64. The summed E-state index contributed by atoms with van der Waals surface area (Å²) >= 11 is 0. The maximum Gasteiger partial charge on any atom is 0.352 e. The third-order valence-electron chi connectivity index (χ3n) is 1.58. The van der Waals surface area contributed by atoms with Gasteiger partial charge in [0.25, 0.3) is 0 Å². The van der Waals surface area contributed by atoms with Crippen molar-refractivity contribution in [1.82, 2.24) is 4.57 Å². The van der Waals surface area contributed by atoms with Crippen LogP contribution in [-0.4, -0.2) is 15.6 Å². The van der Waals surface area contributed by atoms with Gasteiger partial charge in [-0.15, -0.1) is 6.58 Å². The molecule has 3 nitrogen and oxygen atoms in total. The van der Waals surface area contributed by atoms with E-state index in [1.54, 1.807) is 22.9 Å². The van der Waals surface area contributed by atoms with Crippen molar-refractivity contribution in [2.24, 2.45) is 0 Å². The Morgan fingerprint density at radius 2 is 2.50 bits per heavy atom. The van der Waals surface area contributed by atoms with Crippen molar-refractivity contribution in [3.63, 3.8) is 0 Å². The second-order valence-electron chi connectivity index (χ2n) is 2.65. The van der Waals surface area contributed by atoms with Crippen molar-refractivity contribution >= 4 is 5.97 Å². The van der Waals surface area contributed by atoms with Crippen LogP contribution in [0.4, 0.5) is 0 Å². The van der Waals surface area contributed by atoms with E-state index in [4.69, 9.17) is 5.11 Å². The van der Waals surface area contributed by atoms with Crippen molar-refractivity contribution in [3.8, 4) is 0 Å². The summed E-state index contributed by atoms with van der Waals surface area (Å²) in [7, 11) is 0. The Kier molecular flexibility index (Phi) is 2.33. The molecule has 0 aromatic carbocycles. The highest BCUT2D eigenvalue weighted by atomic mass is 16.4. The molecule has 0 spiro atoms. The monoisotopic (exact) mass is 165 g/mol. The van der Waals surface area contributed by atoms with E-state index in [-0.39, 0.29) is 0 Å². The zero-order chi connectivity index (χ0) is 9.14. The molecule has 0 aliphatic heterocycles. The quantitative estimate of drug-likeness (QED) is 0.692. The van der Waals surface area contributed by atoms with E-state index in [1.807, 2.05) is 6.92 Å². The first-order valence-electron chi connectivity index (χ1n) is 3.66. The van der Waals surface area contributed by atoms with Gasteiger partial charge < -0.3 is 9.67 Å². The highest BCUT2D eigenvalue weighted by Gasteiger charge is 2.08. The van der Waals surface area contributed by atoms with Gasteiger partial charge in [-0.05, 0) is 18.6 Å². The van der Waals surface area contributed by atoms with E-state index in [0.29, 0.717) is 12.2 Å². The van der Waals surface area contributed by atoms with Crippen molar-refractivity contribution in [1.29, 1.82) is 0 Å². The third-order valence-corrected chi connectivity index (χ3v) is 1.58. The van der Waals surface area contributed by atoms with Crippen molar-refractivity contribution in [2.75, 3.05) is 0 Å².